The first-order chi connectivity index (χ1) is 12.7. The van der Waals surface area contributed by atoms with Crippen LogP contribution in [0.4, 0.5) is 18.9 Å². The van der Waals surface area contributed by atoms with Gasteiger partial charge in [0.1, 0.15) is 11.5 Å². The summed E-state index contributed by atoms with van der Waals surface area (Å²) in [5.74, 6) is -1.74. The van der Waals surface area contributed by atoms with E-state index in [1.807, 2.05) is 0 Å². The summed E-state index contributed by atoms with van der Waals surface area (Å²) in [6.45, 7) is -0.0906. The van der Waals surface area contributed by atoms with Gasteiger partial charge < -0.3 is 20.1 Å². The van der Waals surface area contributed by atoms with Crippen molar-refractivity contribution >= 4 is 17.5 Å². The molecule has 0 heterocycles. The summed E-state index contributed by atoms with van der Waals surface area (Å²) in [5.41, 5.74) is 0.532. The van der Waals surface area contributed by atoms with Gasteiger partial charge in [0.15, 0.2) is 0 Å². The molecule has 0 saturated carbocycles. The SMILES string of the molecule is COc1cc(OC)cc(C(=O)NCc2ccccc2NC(=O)C(F)(F)F)c1. The molecule has 0 atom stereocenters. The minimum atomic E-state index is -5.01. The molecular formula is C18H17F3N2O4. The fourth-order valence-electron chi connectivity index (χ4n) is 2.21. The second kappa shape index (κ2) is 8.43. The van der Waals surface area contributed by atoms with Crippen LogP contribution in [0, 0.1) is 0 Å². The molecule has 0 spiro atoms. The molecule has 144 valence electrons. The molecule has 2 rings (SSSR count). The van der Waals surface area contributed by atoms with Crippen LogP contribution in [0.1, 0.15) is 15.9 Å². The molecule has 0 aliphatic carbocycles. The Bertz CT molecular complexity index is 815. The fraction of sp³-hybridized carbons (Fsp3) is 0.222. The second-order valence-electron chi connectivity index (χ2n) is 5.39. The van der Waals surface area contributed by atoms with Crippen molar-refractivity contribution in [3.63, 3.8) is 0 Å². The van der Waals surface area contributed by atoms with Crippen molar-refractivity contribution in [1.82, 2.24) is 5.32 Å². The van der Waals surface area contributed by atoms with E-state index < -0.39 is 18.0 Å². The van der Waals surface area contributed by atoms with Crippen LogP contribution in [0.2, 0.25) is 0 Å². The summed E-state index contributed by atoms with van der Waals surface area (Å²) in [5, 5.41) is 4.38. The van der Waals surface area contributed by atoms with Gasteiger partial charge in [0.05, 0.1) is 14.2 Å². The number of rotatable bonds is 6. The van der Waals surface area contributed by atoms with E-state index in [1.165, 1.54) is 44.6 Å². The number of nitrogens with one attached hydrogen (secondary N) is 2. The number of methoxy groups -OCH3 is 2. The number of carbonyl (C=O) groups is 2. The predicted molar refractivity (Wildman–Crippen MR) is 91.8 cm³/mol. The van der Waals surface area contributed by atoms with Crippen molar-refractivity contribution in [2.24, 2.45) is 0 Å². The predicted octanol–water partition coefficient (Wildman–Crippen LogP) is 3.13. The molecule has 2 aromatic rings. The highest BCUT2D eigenvalue weighted by Crippen LogP contribution is 2.23. The van der Waals surface area contributed by atoms with Gasteiger partial charge in [-0.25, -0.2) is 0 Å². The van der Waals surface area contributed by atoms with E-state index in [9.17, 15) is 22.8 Å². The first kappa shape index (κ1) is 20.1. The average Bonchev–Trinajstić information content (AvgIpc) is 2.65. The molecular weight excluding hydrogens is 365 g/mol. The maximum Gasteiger partial charge on any atom is 0.471 e. The molecule has 2 N–H and O–H groups in total. The van der Waals surface area contributed by atoms with Gasteiger partial charge >= 0.3 is 12.1 Å². The Hall–Kier alpha value is -3.23. The summed E-state index contributed by atoms with van der Waals surface area (Å²) < 4.78 is 47.5. The molecule has 0 aliphatic heterocycles. The Morgan fingerprint density at radius 2 is 1.59 bits per heavy atom. The molecule has 0 fully saturated rings. The van der Waals surface area contributed by atoms with Crippen LogP contribution in [0.25, 0.3) is 0 Å². The topological polar surface area (TPSA) is 76.7 Å². The normalized spacial score (nSPS) is 10.9. The summed E-state index contributed by atoms with van der Waals surface area (Å²) in [7, 11) is 2.88. The van der Waals surface area contributed by atoms with Gasteiger partial charge in [0, 0.05) is 23.9 Å². The molecule has 2 amide bonds. The van der Waals surface area contributed by atoms with Crippen LogP contribution in [-0.4, -0.2) is 32.2 Å². The second-order valence-corrected chi connectivity index (χ2v) is 5.39. The maximum atomic E-state index is 12.4. The van der Waals surface area contributed by atoms with E-state index in [2.05, 4.69) is 5.32 Å². The Morgan fingerprint density at radius 3 is 2.15 bits per heavy atom. The molecule has 0 unspecified atom stereocenters. The lowest BCUT2D eigenvalue weighted by atomic mass is 10.1. The van der Waals surface area contributed by atoms with Crippen molar-refractivity contribution in [2.45, 2.75) is 12.7 Å². The smallest absolute Gasteiger partial charge is 0.471 e. The van der Waals surface area contributed by atoms with Crippen molar-refractivity contribution in [3.05, 3.63) is 53.6 Å². The molecule has 6 nitrogen and oxygen atoms in total. The lowest BCUT2D eigenvalue weighted by Crippen LogP contribution is -2.31. The van der Waals surface area contributed by atoms with Crippen LogP contribution in [-0.2, 0) is 11.3 Å². The number of benzene rings is 2. The number of para-hydroxylation sites is 1. The number of ether oxygens (including phenoxy) is 2. The third-order valence-electron chi connectivity index (χ3n) is 3.58. The number of hydrogen-bond acceptors (Lipinski definition) is 4. The van der Waals surface area contributed by atoms with Gasteiger partial charge in [0.25, 0.3) is 5.91 Å². The molecule has 27 heavy (non-hydrogen) atoms. The summed E-state index contributed by atoms with van der Waals surface area (Å²) in [6.07, 6.45) is -5.01. The van der Waals surface area contributed by atoms with E-state index in [0.29, 0.717) is 17.1 Å². The first-order valence-corrected chi connectivity index (χ1v) is 7.72. The van der Waals surface area contributed by atoms with Gasteiger partial charge in [0.2, 0.25) is 0 Å². The summed E-state index contributed by atoms with van der Waals surface area (Å²) in [6, 6.07) is 10.5. The Kier molecular flexibility index (Phi) is 6.27. The summed E-state index contributed by atoms with van der Waals surface area (Å²) in [4.78, 5) is 23.5. The Labute approximate surface area is 153 Å². The highest BCUT2D eigenvalue weighted by atomic mass is 19.4. The third-order valence-corrected chi connectivity index (χ3v) is 3.58. The van der Waals surface area contributed by atoms with Crippen molar-refractivity contribution < 1.29 is 32.2 Å². The number of anilines is 1. The quantitative estimate of drug-likeness (QED) is 0.805. The molecule has 0 bridgehead atoms. The number of alkyl halides is 3. The highest BCUT2D eigenvalue weighted by molar-refractivity contribution is 5.96. The highest BCUT2D eigenvalue weighted by Gasteiger charge is 2.38. The zero-order valence-electron chi connectivity index (χ0n) is 14.5. The number of amides is 2. The Morgan fingerprint density at radius 1 is 1.00 bits per heavy atom. The zero-order valence-corrected chi connectivity index (χ0v) is 14.5. The van der Waals surface area contributed by atoms with Gasteiger partial charge in [-0.05, 0) is 23.8 Å². The fourth-order valence-corrected chi connectivity index (χ4v) is 2.21. The van der Waals surface area contributed by atoms with Crippen molar-refractivity contribution in [3.8, 4) is 11.5 Å². The minimum Gasteiger partial charge on any atom is -0.497 e. The molecule has 2 aromatic carbocycles. The van der Waals surface area contributed by atoms with E-state index in [0.717, 1.165) is 0 Å². The van der Waals surface area contributed by atoms with E-state index in [-0.39, 0.29) is 17.8 Å². The van der Waals surface area contributed by atoms with E-state index in [4.69, 9.17) is 9.47 Å². The molecule has 0 aliphatic rings. The van der Waals surface area contributed by atoms with Crippen LogP contribution in [0.15, 0.2) is 42.5 Å². The molecule has 0 saturated heterocycles. The Balaban J connectivity index is 2.13. The number of carbonyl (C=O) groups excluding carboxylic acids is 2. The van der Waals surface area contributed by atoms with Gasteiger partial charge in [-0.2, -0.15) is 13.2 Å². The average molecular weight is 382 g/mol. The largest absolute Gasteiger partial charge is 0.497 e. The van der Waals surface area contributed by atoms with Gasteiger partial charge in [-0.3, -0.25) is 9.59 Å². The maximum absolute atomic E-state index is 12.4. The lowest BCUT2D eigenvalue weighted by Gasteiger charge is -2.13. The summed E-state index contributed by atoms with van der Waals surface area (Å²) >= 11 is 0. The van der Waals surface area contributed by atoms with E-state index >= 15 is 0 Å². The third kappa shape index (κ3) is 5.37. The van der Waals surface area contributed by atoms with E-state index in [1.54, 1.807) is 17.4 Å². The van der Waals surface area contributed by atoms with Crippen molar-refractivity contribution in [2.75, 3.05) is 19.5 Å². The molecule has 9 heteroatoms. The van der Waals surface area contributed by atoms with Crippen LogP contribution in [0.3, 0.4) is 0 Å². The van der Waals surface area contributed by atoms with Crippen LogP contribution >= 0.6 is 0 Å². The first-order valence-electron chi connectivity index (χ1n) is 7.72. The minimum absolute atomic E-state index is 0.0386. The number of hydrogen-bond donors (Lipinski definition) is 2. The monoisotopic (exact) mass is 382 g/mol. The molecule has 0 radical (unpaired) electrons. The zero-order chi connectivity index (χ0) is 20.0. The lowest BCUT2D eigenvalue weighted by molar-refractivity contribution is -0.167. The standard InChI is InChI=1S/C18H17F3N2O4/c1-26-13-7-12(8-14(9-13)27-2)16(24)22-10-11-5-3-4-6-15(11)23-17(25)18(19,20)21/h3-9H,10H2,1-2H3,(H,22,24)(H,23,25). The van der Waals surface area contributed by atoms with Gasteiger partial charge in [-0.15, -0.1) is 0 Å². The molecule has 0 aromatic heterocycles. The number of halogens is 3. The van der Waals surface area contributed by atoms with Crippen molar-refractivity contribution in [1.29, 1.82) is 0 Å². The van der Waals surface area contributed by atoms with Crippen LogP contribution < -0.4 is 20.1 Å². The van der Waals surface area contributed by atoms with Gasteiger partial charge in [-0.1, -0.05) is 18.2 Å². The van der Waals surface area contributed by atoms with Crippen LogP contribution in [0.5, 0.6) is 11.5 Å².